The summed E-state index contributed by atoms with van der Waals surface area (Å²) in [6.07, 6.45) is 4.11. The van der Waals surface area contributed by atoms with Gasteiger partial charge in [0.25, 0.3) is 0 Å². The van der Waals surface area contributed by atoms with Gasteiger partial charge in [-0.25, -0.2) is 0 Å². The largest absolute Gasteiger partial charge is 0.494 e. The van der Waals surface area contributed by atoms with Crippen LogP contribution in [-0.2, 0) is 0 Å². The highest BCUT2D eigenvalue weighted by atomic mass is 16.5. The molecule has 1 rings (SSSR count). The van der Waals surface area contributed by atoms with E-state index in [0.717, 1.165) is 37.4 Å². The van der Waals surface area contributed by atoms with Gasteiger partial charge in [0, 0.05) is 0 Å². The molecule has 0 saturated heterocycles. The van der Waals surface area contributed by atoms with Crippen molar-refractivity contribution in [3.63, 3.8) is 0 Å². The lowest BCUT2D eigenvalue weighted by atomic mass is 10.2. The van der Waals surface area contributed by atoms with Crippen LogP contribution >= 0.6 is 0 Å². The van der Waals surface area contributed by atoms with E-state index in [1.54, 1.807) is 0 Å². The van der Waals surface area contributed by atoms with Crippen LogP contribution in [0, 0.1) is 0 Å². The van der Waals surface area contributed by atoms with E-state index in [2.05, 4.69) is 32.7 Å². The van der Waals surface area contributed by atoms with Crippen molar-refractivity contribution in [3.05, 3.63) is 36.4 Å². The predicted octanol–water partition coefficient (Wildman–Crippen LogP) is 4.12. The first-order chi connectivity index (χ1) is 8.78. The summed E-state index contributed by atoms with van der Waals surface area (Å²) in [5.74, 6) is 0.944. The van der Waals surface area contributed by atoms with E-state index >= 15 is 0 Å². The first kappa shape index (κ1) is 16.7. The fraction of sp³-hybridized carbons (Fsp3) is 0.500. The summed E-state index contributed by atoms with van der Waals surface area (Å²) in [4.78, 5) is 0. The van der Waals surface area contributed by atoms with E-state index in [-0.39, 0.29) is 0 Å². The summed E-state index contributed by atoms with van der Waals surface area (Å²) < 4.78 is 5.51. The highest BCUT2D eigenvalue weighted by molar-refractivity contribution is 5.48. The van der Waals surface area contributed by atoms with E-state index in [9.17, 15) is 0 Å². The van der Waals surface area contributed by atoms with Gasteiger partial charge in [-0.15, -0.1) is 0 Å². The van der Waals surface area contributed by atoms with Crippen molar-refractivity contribution < 1.29 is 4.74 Å². The van der Waals surface area contributed by atoms with Crippen molar-refractivity contribution in [2.75, 3.05) is 19.7 Å². The average molecular weight is 249 g/mol. The second kappa shape index (κ2) is 12.2. The molecular weight excluding hydrogens is 222 g/mol. The molecule has 2 heteroatoms. The summed E-state index contributed by atoms with van der Waals surface area (Å²) in [5.41, 5.74) is 1.13. The van der Waals surface area contributed by atoms with Crippen LogP contribution in [0.15, 0.2) is 30.8 Å². The minimum Gasteiger partial charge on any atom is -0.494 e. The van der Waals surface area contributed by atoms with Crippen molar-refractivity contribution in [1.82, 2.24) is 5.32 Å². The fourth-order valence-electron chi connectivity index (χ4n) is 1.28. The second-order valence-corrected chi connectivity index (χ2v) is 3.93. The number of hydrogen-bond donors (Lipinski definition) is 1. The third kappa shape index (κ3) is 8.82. The van der Waals surface area contributed by atoms with Crippen LogP contribution < -0.4 is 10.1 Å². The topological polar surface area (TPSA) is 21.3 Å². The number of unbranched alkanes of at least 4 members (excludes halogenated alkanes) is 1. The molecule has 0 amide bonds. The quantitative estimate of drug-likeness (QED) is 0.734. The molecule has 18 heavy (non-hydrogen) atoms. The Kier molecular flexibility index (Phi) is 11.3. The monoisotopic (exact) mass is 249 g/mol. The molecule has 1 aromatic rings. The molecule has 1 N–H and O–H groups in total. The smallest absolute Gasteiger partial charge is 0.119 e. The molecule has 0 aliphatic carbocycles. The van der Waals surface area contributed by atoms with Gasteiger partial charge in [0.15, 0.2) is 0 Å². The van der Waals surface area contributed by atoms with Gasteiger partial charge in [-0.2, -0.15) is 0 Å². The van der Waals surface area contributed by atoms with Crippen LogP contribution in [-0.4, -0.2) is 19.7 Å². The molecule has 0 bridgehead atoms. The Morgan fingerprint density at radius 1 is 1.11 bits per heavy atom. The molecule has 102 valence electrons. The molecule has 0 fully saturated rings. The third-order valence-electron chi connectivity index (χ3n) is 2.38. The maximum absolute atomic E-state index is 5.51. The minimum absolute atomic E-state index is 0.809. The number of nitrogens with one attached hydrogen (secondary N) is 1. The molecule has 0 aliphatic rings. The van der Waals surface area contributed by atoms with E-state index in [1.165, 1.54) is 6.42 Å². The normalized spacial score (nSPS) is 9.28. The van der Waals surface area contributed by atoms with Gasteiger partial charge in [-0.05, 0) is 37.2 Å². The van der Waals surface area contributed by atoms with E-state index in [1.807, 2.05) is 30.3 Å². The summed E-state index contributed by atoms with van der Waals surface area (Å²) in [7, 11) is 0. The van der Waals surface area contributed by atoms with Crippen LogP contribution in [0.4, 0.5) is 0 Å². The molecule has 0 aromatic heterocycles. The maximum atomic E-state index is 5.51. The molecule has 1 aromatic carbocycles. The molecule has 0 atom stereocenters. The number of rotatable bonds is 7. The minimum atomic E-state index is 0.809. The lowest BCUT2D eigenvalue weighted by molar-refractivity contribution is 0.309. The van der Waals surface area contributed by atoms with E-state index in [4.69, 9.17) is 4.74 Å². The van der Waals surface area contributed by atoms with Gasteiger partial charge in [-0.3, -0.25) is 0 Å². The van der Waals surface area contributed by atoms with Crippen molar-refractivity contribution in [2.24, 2.45) is 0 Å². The molecule has 0 spiro atoms. The van der Waals surface area contributed by atoms with Crippen molar-refractivity contribution in [1.29, 1.82) is 0 Å². The van der Waals surface area contributed by atoms with Crippen molar-refractivity contribution in [2.45, 2.75) is 33.6 Å². The molecule has 0 radical (unpaired) electrons. The molecule has 0 aliphatic heterocycles. The zero-order chi connectivity index (χ0) is 13.6. The lowest BCUT2D eigenvalue weighted by Crippen LogP contribution is -2.09. The number of benzene rings is 1. The van der Waals surface area contributed by atoms with Gasteiger partial charge in [0.2, 0.25) is 0 Å². The summed E-state index contributed by atoms with van der Waals surface area (Å²) in [5, 5.41) is 3.11. The first-order valence-corrected chi connectivity index (χ1v) is 6.84. The highest BCUT2D eigenvalue weighted by Gasteiger charge is 1.91. The lowest BCUT2D eigenvalue weighted by Gasteiger charge is -2.04. The number of ether oxygens (including phenoxy) is 1. The summed E-state index contributed by atoms with van der Waals surface area (Å²) in [6.45, 7) is 13.1. The summed E-state index contributed by atoms with van der Waals surface area (Å²) in [6, 6.07) is 7.97. The van der Waals surface area contributed by atoms with Crippen LogP contribution in [0.5, 0.6) is 5.75 Å². The average Bonchev–Trinajstić information content (AvgIpc) is 2.41. The van der Waals surface area contributed by atoms with E-state index in [0.29, 0.717) is 0 Å². The van der Waals surface area contributed by atoms with Gasteiger partial charge >= 0.3 is 0 Å². The Hall–Kier alpha value is -1.28. The van der Waals surface area contributed by atoms with Crippen LogP contribution in [0.25, 0.3) is 6.08 Å². The molecular formula is C16H27NO. The fourth-order valence-corrected chi connectivity index (χ4v) is 1.28. The van der Waals surface area contributed by atoms with E-state index < -0.39 is 0 Å². The zero-order valence-corrected chi connectivity index (χ0v) is 12.0. The second-order valence-electron chi connectivity index (χ2n) is 3.93. The number of hydrogen-bond acceptors (Lipinski definition) is 2. The van der Waals surface area contributed by atoms with Gasteiger partial charge in [0.1, 0.15) is 5.75 Å². The van der Waals surface area contributed by atoms with Crippen LogP contribution in [0.1, 0.15) is 39.2 Å². The molecule has 2 nitrogen and oxygen atoms in total. The molecule has 0 unspecified atom stereocenters. The third-order valence-corrected chi connectivity index (χ3v) is 2.38. The Bertz CT molecular complexity index is 290. The predicted molar refractivity (Wildman–Crippen MR) is 81.2 cm³/mol. The molecule has 0 saturated carbocycles. The Morgan fingerprint density at radius 3 is 2.11 bits per heavy atom. The van der Waals surface area contributed by atoms with Crippen LogP contribution in [0.3, 0.4) is 0 Å². The van der Waals surface area contributed by atoms with Crippen LogP contribution in [0.2, 0.25) is 0 Å². The van der Waals surface area contributed by atoms with Crippen molar-refractivity contribution >= 4 is 6.08 Å². The van der Waals surface area contributed by atoms with Crippen molar-refractivity contribution in [3.8, 4) is 5.75 Å². The van der Waals surface area contributed by atoms with Gasteiger partial charge < -0.3 is 10.1 Å². The highest BCUT2D eigenvalue weighted by Crippen LogP contribution is 2.12. The Morgan fingerprint density at radius 2 is 1.72 bits per heavy atom. The Labute approximate surface area is 112 Å². The summed E-state index contributed by atoms with van der Waals surface area (Å²) >= 11 is 0. The Balaban J connectivity index is 0.000000494. The SMILES string of the molecule is C=Cc1ccc(OCCCC)cc1.CCNCC. The van der Waals surface area contributed by atoms with Gasteiger partial charge in [0.05, 0.1) is 6.61 Å². The zero-order valence-electron chi connectivity index (χ0n) is 12.0. The van der Waals surface area contributed by atoms with Gasteiger partial charge in [-0.1, -0.05) is 52.0 Å². The standard InChI is InChI=1S/C12H16O.C4H11N/c1-3-5-10-13-12-8-6-11(4-2)7-9-12;1-3-5-4-2/h4,6-9H,2-3,5,10H2,1H3;5H,3-4H2,1-2H3. The molecule has 0 heterocycles. The maximum Gasteiger partial charge on any atom is 0.119 e. The first-order valence-electron chi connectivity index (χ1n) is 6.84.